The molecule has 0 atom stereocenters. The highest BCUT2D eigenvalue weighted by atomic mass is 35.5. The van der Waals surface area contributed by atoms with Gasteiger partial charge in [0.25, 0.3) is 5.91 Å². The summed E-state index contributed by atoms with van der Waals surface area (Å²) in [5, 5.41) is 11.7. The van der Waals surface area contributed by atoms with Crippen LogP contribution in [0.2, 0.25) is 5.02 Å². The number of nitrogens with one attached hydrogen (secondary N) is 1. The molecule has 1 amide bonds. The van der Waals surface area contributed by atoms with Crippen molar-refractivity contribution in [1.82, 2.24) is 5.32 Å². The number of rotatable bonds is 7. The van der Waals surface area contributed by atoms with Crippen molar-refractivity contribution in [3.63, 3.8) is 0 Å². The Morgan fingerprint density at radius 2 is 2.08 bits per heavy atom. The number of carbonyl (C=O) groups is 2. The lowest BCUT2D eigenvalue weighted by Gasteiger charge is -2.13. The van der Waals surface area contributed by atoms with Crippen LogP contribution in [0.5, 0.6) is 11.5 Å². The summed E-state index contributed by atoms with van der Waals surface area (Å²) in [5.74, 6) is -0.729. The molecule has 2 rings (SSSR count). The molecule has 128 valence electrons. The van der Waals surface area contributed by atoms with Gasteiger partial charge in [0.2, 0.25) is 5.76 Å². The fraction of sp³-hybridized carbons (Fsp3) is 0.250. The summed E-state index contributed by atoms with van der Waals surface area (Å²) in [5.41, 5.74) is 0.283. The largest absolute Gasteiger partial charge is 0.493 e. The third-order valence-corrected chi connectivity index (χ3v) is 3.36. The molecular formula is C16H16ClNO6. The van der Waals surface area contributed by atoms with Crippen LogP contribution in [0.25, 0.3) is 0 Å². The van der Waals surface area contributed by atoms with Crippen LogP contribution in [0, 0.1) is 0 Å². The second kappa shape index (κ2) is 7.74. The summed E-state index contributed by atoms with van der Waals surface area (Å²) in [7, 11) is 1.45. The number of hydrogen-bond donors (Lipinski definition) is 2. The molecule has 0 saturated carbocycles. The minimum absolute atomic E-state index is 0.0409. The van der Waals surface area contributed by atoms with Gasteiger partial charge in [-0.2, -0.15) is 0 Å². The molecule has 0 aliphatic carbocycles. The minimum atomic E-state index is -1.17. The Balaban J connectivity index is 2.11. The lowest BCUT2D eigenvalue weighted by atomic mass is 10.2. The third-order valence-electron chi connectivity index (χ3n) is 3.08. The van der Waals surface area contributed by atoms with E-state index >= 15 is 0 Å². The Hall–Kier alpha value is -2.67. The molecule has 24 heavy (non-hydrogen) atoms. The van der Waals surface area contributed by atoms with E-state index in [2.05, 4.69) is 5.32 Å². The number of aromatic carboxylic acids is 1. The molecule has 0 saturated heterocycles. The first-order valence-corrected chi connectivity index (χ1v) is 7.44. The Labute approximate surface area is 143 Å². The molecule has 2 aromatic rings. The second-order valence-electron chi connectivity index (χ2n) is 4.68. The smallest absolute Gasteiger partial charge is 0.371 e. The maximum atomic E-state index is 12.2. The van der Waals surface area contributed by atoms with Gasteiger partial charge in [0.15, 0.2) is 11.5 Å². The van der Waals surface area contributed by atoms with Crippen molar-refractivity contribution in [3.8, 4) is 11.5 Å². The Bertz CT molecular complexity index is 755. The maximum Gasteiger partial charge on any atom is 0.371 e. The number of amides is 1. The molecule has 7 nitrogen and oxygen atoms in total. The number of carbonyl (C=O) groups excluding carboxylic acids is 1. The highest BCUT2D eigenvalue weighted by molar-refractivity contribution is 6.32. The number of furan rings is 1. The molecular weight excluding hydrogens is 338 g/mol. The third kappa shape index (κ3) is 3.99. The molecule has 0 aliphatic rings. The van der Waals surface area contributed by atoms with Crippen molar-refractivity contribution in [2.75, 3.05) is 13.7 Å². The number of halogens is 1. The monoisotopic (exact) mass is 353 g/mol. The van der Waals surface area contributed by atoms with E-state index in [9.17, 15) is 9.59 Å². The molecule has 0 bridgehead atoms. The van der Waals surface area contributed by atoms with Gasteiger partial charge in [-0.15, -0.1) is 0 Å². The predicted octanol–water partition coefficient (Wildman–Crippen LogP) is 2.97. The van der Waals surface area contributed by atoms with Gasteiger partial charge >= 0.3 is 5.97 Å². The zero-order chi connectivity index (χ0) is 17.7. The van der Waals surface area contributed by atoms with Crippen LogP contribution in [0.1, 0.15) is 33.6 Å². The molecule has 0 unspecified atom stereocenters. The second-order valence-corrected chi connectivity index (χ2v) is 5.08. The van der Waals surface area contributed by atoms with Gasteiger partial charge in [0.05, 0.1) is 25.3 Å². The van der Waals surface area contributed by atoms with E-state index < -0.39 is 11.9 Å². The van der Waals surface area contributed by atoms with E-state index in [4.69, 9.17) is 30.6 Å². The van der Waals surface area contributed by atoms with E-state index in [1.54, 1.807) is 0 Å². The molecule has 2 N–H and O–H groups in total. The van der Waals surface area contributed by atoms with E-state index in [-0.39, 0.29) is 22.9 Å². The highest BCUT2D eigenvalue weighted by Gasteiger charge is 2.16. The number of carboxylic acids is 1. The first-order chi connectivity index (χ1) is 11.5. The molecule has 0 spiro atoms. The zero-order valence-electron chi connectivity index (χ0n) is 13.1. The molecule has 0 fully saturated rings. The van der Waals surface area contributed by atoms with Gasteiger partial charge in [0.1, 0.15) is 5.76 Å². The van der Waals surface area contributed by atoms with Crippen molar-refractivity contribution >= 4 is 23.5 Å². The number of methoxy groups -OCH3 is 1. The zero-order valence-corrected chi connectivity index (χ0v) is 13.8. The van der Waals surface area contributed by atoms with Crippen molar-refractivity contribution < 1.29 is 28.6 Å². The van der Waals surface area contributed by atoms with Gasteiger partial charge in [-0.05, 0) is 31.2 Å². The first kappa shape index (κ1) is 17.7. The fourth-order valence-electron chi connectivity index (χ4n) is 1.99. The fourth-order valence-corrected chi connectivity index (χ4v) is 2.26. The van der Waals surface area contributed by atoms with Crippen LogP contribution in [-0.4, -0.2) is 30.7 Å². The summed E-state index contributed by atoms with van der Waals surface area (Å²) in [6.45, 7) is 2.26. The number of hydrogen-bond acceptors (Lipinski definition) is 5. The van der Waals surface area contributed by atoms with Crippen molar-refractivity contribution in [2.45, 2.75) is 13.5 Å². The standard InChI is InChI=1S/C16H16ClNO6/c1-3-23-14-11(17)6-9(7-13(14)22-2)15(19)18-8-10-4-5-12(24-10)16(20)21/h4-7H,3,8H2,1-2H3,(H,18,19)(H,20,21). The van der Waals surface area contributed by atoms with Crippen molar-refractivity contribution in [3.05, 3.63) is 46.4 Å². The van der Waals surface area contributed by atoms with Crippen LogP contribution in [-0.2, 0) is 6.54 Å². The van der Waals surface area contributed by atoms with Gasteiger partial charge in [-0.1, -0.05) is 11.6 Å². The summed E-state index contributed by atoms with van der Waals surface area (Å²) >= 11 is 6.12. The van der Waals surface area contributed by atoms with Crippen LogP contribution >= 0.6 is 11.6 Å². The van der Waals surface area contributed by atoms with Crippen LogP contribution in [0.3, 0.4) is 0 Å². The maximum absolute atomic E-state index is 12.2. The van der Waals surface area contributed by atoms with E-state index in [1.165, 1.54) is 31.4 Å². The van der Waals surface area contributed by atoms with E-state index in [0.29, 0.717) is 23.9 Å². The van der Waals surface area contributed by atoms with Crippen LogP contribution < -0.4 is 14.8 Å². The molecule has 0 radical (unpaired) electrons. The quantitative estimate of drug-likeness (QED) is 0.794. The van der Waals surface area contributed by atoms with E-state index in [1.807, 2.05) is 6.92 Å². The first-order valence-electron chi connectivity index (χ1n) is 7.06. The van der Waals surface area contributed by atoms with Crippen molar-refractivity contribution in [2.24, 2.45) is 0 Å². The Morgan fingerprint density at radius 1 is 1.33 bits per heavy atom. The number of ether oxygens (including phenoxy) is 2. The summed E-state index contributed by atoms with van der Waals surface area (Å²) < 4.78 is 15.6. The van der Waals surface area contributed by atoms with Gasteiger partial charge < -0.3 is 24.3 Å². The molecule has 1 aromatic heterocycles. The predicted molar refractivity (Wildman–Crippen MR) is 86.0 cm³/mol. The average Bonchev–Trinajstić information content (AvgIpc) is 3.03. The summed E-state index contributed by atoms with van der Waals surface area (Å²) in [6, 6.07) is 5.78. The van der Waals surface area contributed by atoms with Crippen LogP contribution in [0.4, 0.5) is 0 Å². The number of benzene rings is 1. The van der Waals surface area contributed by atoms with Gasteiger partial charge in [-0.3, -0.25) is 4.79 Å². The Morgan fingerprint density at radius 3 is 2.67 bits per heavy atom. The van der Waals surface area contributed by atoms with Crippen LogP contribution in [0.15, 0.2) is 28.7 Å². The lowest BCUT2D eigenvalue weighted by molar-refractivity contribution is 0.0660. The van der Waals surface area contributed by atoms with Crippen molar-refractivity contribution in [1.29, 1.82) is 0 Å². The average molecular weight is 354 g/mol. The topological polar surface area (TPSA) is 98.0 Å². The van der Waals surface area contributed by atoms with Gasteiger partial charge in [0, 0.05) is 5.56 Å². The number of carboxylic acid groups (broad SMARTS) is 1. The summed E-state index contributed by atoms with van der Waals surface area (Å²) in [4.78, 5) is 23.0. The molecule has 1 heterocycles. The van der Waals surface area contributed by atoms with E-state index in [0.717, 1.165) is 0 Å². The SMILES string of the molecule is CCOc1c(Cl)cc(C(=O)NCc2ccc(C(=O)O)o2)cc1OC. The molecule has 1 aromatic carbocycles. The minimum Gasteiger partial charge on any atom is -0.493 e. The Kier molecular flexibility index (Phi) is 5.70. The van der Waals surface area contributed by atoms with Gasteiger partial charge in [-0.25, -0.2) is 4.79 Å². The molecule has 8 heteroatoms. The normalized spacial score (nSPS) is 10.3. The molecule has 0 aliphatic heterocycles. The lowest BCUT2D eigenvalue weighted by Crippen LogP contribution is -2.22. The highest BCUT2D eigenvalue weighted by Crippen LogP contribution is 2.36. The summed E-state index contributed by atoms with van der Waals surface area (Å²) in [6.07, 6.45) is 0.